The van der Waals surface area contributed by atoms with E-state index in [0.717, 1.165) is 111 Å². The lowest BCUT2D eigenvalue weighted by Gasteiger charge is -2.26. The van der Waals surface area contributed by atoms with Crippen molar-refractivity contribution in [2.24, 2.45) is 53.3 Å². The maximum atomic E-state index is 9.03. The molecule has 1 aliphatic carbocycles. The first-order valence-electron chi connectivity index (χ1n) is 29.1. The number of aromatic nitrogens is 3. The Balaban J connectivity index is 0.000000837. The first kappa shape index (κ1) is 69.0. The minimum absolute atomic E-state index is 0.350. The lowest BCUT2D eigenvalue weighted by atomic mass is 9.82. The number of benzene rings is 2. The number of phenols is 1. The van der Waals surface area contributed by atoms with Gasteiger partial charge in [0.1, 0.15) is 5.75 Å². The van der Waals surface area contributed by atoms with Crippen LogP contribution in [0.2, 0.25) is 0 Å². The summed E-state index contributed by atoms with van der Waals surface area (Å²) in [5.41, 5.74) is 6.40. The molecular weight excluding hydrogens is 895 g/mol. The zero-order valence-electron chi connectivity index (χ0n) is 50.1. The number of ether oxygens (including phenoxy) is 1. The number of aryl methyl sites for hydroxylation is 4. The molecule has 6 rings (SSSR count). The lowest BCUT2D eigenvalue weighted by Crippen LogP contribution is -2.37. The summed E-state index contributed by atoms with van der Waals surface area (Å²) in [5, 5.41) is 15.9. The van der Waals surface area contributed by atoms with E-state index in [9.17, 15) is 0 Å². The van der Waals surface area contributed by atoms with Gasteiger partial charge in [-0.2, -0.15) is 5.10 Å². The molecule has 2 aromatic carbocycles. The summed E-state index contributed by atoms with van der Waals surface area (Å²) in [5.74, 6) is 7.95. The fourth-order valence-electron chi connectivity index (χ4n) is 7.41. The van der Waals surface area contributed by atoms with Crippen LogP contribution in [0.1, 0.15) is 203 Å². The highest BCUT2D eigenvalue weighted by Gasteiger charge is 2.16. The number of H-pyrrole nitrogens is 1. The fraction of sp³-hybridized carbons (Fsp3) is 0.682. The van der Waals surface area contributed by atoms with Gasteiger partial charge in [0.25, 0.3) is 0 Å². The predicted octanol–water partition coefficient (Wildman–Crippen LogP) is 18.2. The molecule has 1 aliphatic heterocycles. The number of nitrogens with zero attached hydrogens (tertiary/aromatic N) is 4. The zero-order valence-corrected chi connectivity index (χ0v) is 50.1. The molecule has 7 nitrogen and oxygen atoms in total. The molecule has 2 aromatic heterocycles. The second kappa shape index (κ2) is 44.3. The Labute approximate surface area is 451 Å². The quantitative estimate of drug-likeness (QED) is 0.0971. The van der Waals surface area contributed by atoms with Gasteiger partial charge in [-0.05, 0) is 159 Å². The average molecular weight is 1010 g/mol. The highest BCUT2D eigenvalue weighted by molar-refractivity contribution is 5.26. The van der Waals surface area contributed by atoms with Crippen LogP contribution in [0.3, 0.4) is 0 Å². The summed E-state index contributed by atoms with van der Waals surface area (Å²) in [7, 11) is 0. The number of aromatic hydroxyl groups is 1. The standard InChI is InChI=1S/C13H17N.C11H16O.C10H15N.C9H19NO.C9H18.C8H14N2.C6H14/c1-11(2)4-5-12-6-8-13(9-7-12)10-14-3;1-9(2)3-4-10-5-7-11(12)8-6-10;1-9(2)5-6-10-4-3-7-11-8-10;1-9(2)3-4-10-5-7-11-8-6-10;1-8(2)9-6-4-3-5-7-9;1-7(2)3-4-8-5-6-9-10-8;1-5(2)6(3)4/h6-9,11H,4-5,10H2,1-2H3;5-9,12H,3-4H2,1-2H3;3-4,7-9H,5-6H2,1-2H3;9H,3-8H2,1-2H3;8-9H,3-7H2,1-2H3;5-7H,3-4H2,1-2H3,(H,9,10);5-6H,1-4H3. The van der Waals surface area contributed by atoms with E-state index >= 15 is 0 Å². The summed E-state index contributed by atoms with van der Waals surface area (Å²) in [4.78, 5) is 9.91. The second-order valence-corrected chi connectivity index (χ2v) is 23.7. The molecule has 4 aromatic rings. The average Bonchev–Trinajstić information content (AvgIpc) is 3.90. The van der Waals surface area contributed by atoms with Gasteiger partial charge in [0.2, 0.25) is 6.54 Å². The van der Waals surface area contributed by atoms with Crippen LogP contribution in [-0.2, 0) is 37.0 Å². The molecule has 0 unspecified atom stereocenters. The van der Waals surface area contributed by atoms with E-state index in [1.165, 1.54) is 93.1 Å². The molecule has 0 amide bonds. The SMILES string of the molecule is CC(C)C(C)C.CC(C)C1CCCCC1.CC(C)CCN1CCOCC1.CC(C)CCc1ccc(O)cc1.CC(C)CCc1cccnc1.CC(C)CCc1ccn[nH]1.[C-]#[N+]Cc1ccc(CCC(C)C)cc1. The van der Waals surface area contributed by atoms with Crippen LogP contribution in [0.25, 0.3) is 4.85 Å². The van der Waals surface area contributed by atoms with E-state index < -0.39 is 0 Å². The van der Waals surface area contributed by atoms with Crippen molar-refractivity contribution in [1.29, 1.82) is 0 Å². The molecule has 1 saturated carbocycles. The van der Waals surface area contributed by atoms with Crippen LogP contribution >= 0.6 is 0 Å². The van der Waals surface area contributed by atoms with Crippen molar-refractivity contribution in [3.05, 3.63) is 125 Å². The lowest BCUT2D eigenvalue weighted by molar-refractivity contribution is 0.0360. The smallest absolute Gasteiger partial charge is 0.239 e. The van der Waals surface area contributed by atoms with Crippen molar-refractivity contribution in [2.45, 2.75) is 207 Å². The molecule has 2 aliphatic rings. The Bertz CT molecular complexity index is 1790. The summed E-state index contributed by atoms with van der Waals surface area (Å²) >= 11 is 0. The van der Waals surface area contributed by atoms with Gasteiger partial charge in [-0.3, -0.25) is 15.0 Å². The maximum Gasteiger partial charge on any atom is 0.239 e. The largest absolute Gasteiger partial charge is 0.508 e. The first-order valence-corrected chi connectivity index (χ1v) is 29.1. The number of morpholine rings is 1. The molecule has 0 radical (unpaired) electrons. The topological polar surface area (TPSA) is 78.6 Å². The van der Waals surface area contributed by atoms with Gasteiger partial charge in [-0.25, -0.2) is 6.57 Å². The Hall–Kier alpha value is -3.99. The molecule has 2 fully saturated rings. The van der Waals surface area contributed by atoms with E-state index in [-0.39, 0.29) is 0 Å². The van der Waals surface area contributed by atoms with Gasteiger partial charge < -0.3 is 14.7 Å². The van der Waals surface area contributed by atoms with Crippen molar-refractivity contribution in [3.63, 3.8) is 0 Å². The number of hydrogen-bond acceptors (Lipinski definition) is 5. The Kier molecular flexibility index (Phi) is 41.9. The van der Waals surface area contributed by atoms with Crippen LogP contribution in [0.5, 0.6) is 5.75 Å². The van der Waals surface area contributed by atoms with E-state index in [0.29, 0.717) is 12.3 Å². The molecule has 7 heteroatoms. The molecule has 0 atom stereocenters. The monoisotopic (exact) mass is 1010 g/mol. The van der Waals surface area contributed by atoms with E-state index in [4.69, 9.17) is 16.4 Å². The van der Waals surface area contributed by atoms with Crippen LogP contribution < -0.4 is 0 Å². The first-order chi connectivity index (χ1) is 34.7. The van der Waals surface area contributed by atoms with E-state index in [2.05, 4.69) is 166 Å². The second-order valence-electron chi connectivity index (χ2n) is 23.7. The van der Waals surface area contributed by atoms with Gasteiger partial charge in [-0.15, -0.1) is 0 Å². The highest BCUT2D eigenvalue weighted by atomic mass is 16.5. The van der Waals surface area contributed by atoms with Crippen molar-refractivity contribution in [1.82, 2.24) is 20.1 Å². The fourth-order valence-corrected chi connectivity index (χ4v) is 7.41. The Morgan fingerprint density at radius 1 is 0.575 bits per heavy atom. The highest BCUT2D eigenvalue weighted by Crippen LogP contribution is 2.29. The molecule has 0 bridgehead atoms. The summed E-state index contributed by atoms with van der Waals surface area (Å²) in [6.07, 6.45) is 23.8. The Morgan fingerprint density at radius 3 is 1.44 bits per heavy atom. The van der Waals surface area contributed by atoms with Gasteiger partial charge in [0.15, 0.2) is 0 Å². The summed E-state index contributed by atoms with van der Waals surface area (Å²) in [6, 6.07) is 22.0. The molecule has 3 heterocycles. The summed E-state index contributed by atoms with van der Waals surface area (Å²) in [6.45, 7) is 48.8. The number of aromatic amines is 1. The molecule has 2 N–H and O–H groups in total. The number of nitrogens with one attached hydrogen (secondary N) is 1. The third kappa shape index (κ3) is 43.0. The minimum atomic E-state index is 0.350. The van der Waals surface area contributed by atoms with Crippen molar-refractivity contribution in [2.75, 3.05) is 32.8 Å². The van der Waals surface area contributed by atoms with Gasteiger partial charge in [0, 0.05) is 42.9 Å². The van der Waals surface area contributed by atoms with E-state index in [1.54, 1.807) is 18.3 Å². The minimum Gasteiger partial charge on any atom is -0.508 e. The van der Waals surface area contributed by atoms with Crippen molar-refractivity contribution in [3.8, 4) is 5.75 Å². The third-order valence-corrected chi connectivity index (χ3v) is 13.6. The maximum absolute atomic E-state index is 9.03. The summed E-state index contributed by atoms with van der Waals surface area (Å²) < 4.78 is 5.26. The van der Waals surface area contributed by atoms with Crippen LogP contribution in [0.15, 0.2) is 85.3 Å². The van der Waals surface area contributed by atoms with Crippen LogP contribution in [0, 0.1) is 59.8 Å². The van der Waals surface area contributed by atoms with Gasteiger partial charge in [-0.1, -0.05) is 185 Å². The number of rotatable bonds is 18. The van der Waals surface area contributed by atoms with Crippen LogP contribution in [-0.4, -0.2) is 58.0 Å². The van der Waals surface area contributed by atoms with Crippen molar-refractivity contribution < 1.29 is 9.84 Å². The molecule has 0 spiro atoms. The number of phenolic OH excluding ortho intramolecular Hbond substituents is 1. The van der Waals surface area contributed by atoms with Gasteiger partial charge >= 0.3 is 0 Å². The number of pyridine rings is 1. The predicted molar refractivity (Wildman–Crippen MR) is 318 cm³/mol. The zero-order chi connectivity index (χ0) is 54.8. The molecule has 1 saturated heterocycles. The van der Waals surface area contributed by atoms with E-state index in [1.807, 2.05) is 36.7 Å². The van der Waals surface area contributed by atoms with Crippen LogP contribution in [0.4, 0.5) is 0 Å². The number of hydrogen-bond donors (Lipinski definition) is 2. The normalized spacial score (nSPS) is 13.6. The third-order valence-electron chi connectivity index (χ3n) is 13.6. The molecule has 414 valence electrons. The van der Waals surface area contributed by atoms with Crippen molar-refractivity contribution >= 4 is 0 Å². The Morgan fingerprint density at radius 2 is 1.04 bits per heavy atom. The molecular formula is C66H113N5O2. The molecule has 73 heavy (non-hydrogen) atoms. The van der Waals surface area contributed by atoms with Gasteiger partial charge in [0.05, 0.1) is 13.2 Å².